The Hall–Kier alpha value is -3.47. The van der Waals surface area contributed by atoms with Gasteiger partial charge in [-0.2, -0.15) is 5.10 Å². The number of carbonyl (C=O) groups is 1. The average molecular weight is 521 g/mol. The number of nitrogens with one attached hydrogen (secondary N) is 1. The number of esters is 1. The van der Waals surface area contributed by atoms with Crippen molar-refractivity contribution in [1.29, 1.82) is 0 Å². The van der Waals surface area contributed by atoms with Crippen molar-refractivity contribution in [3.8, 4) is 5.69 Å². The summed E-state index contributed by atoms with van der Waals surface area (Å²) >= 11 is -1.42. The van der Waals surface area contributed by atoms with Crippen LogP contribution in [0, 0.1) is 6.92 Å². The summed E-state index contributed by atoms with van der Waals surface area (Å²) in [6.07, 6.45) is 7.91. The molecule has 9 nitrogen and oxygen atoms in total. The zero-order chi connectivity index (χ0) is 26.2. The lowest BCUT2D eigenvalue weighted by Crippen LogP contribution is -2.32. The molecule has 194 valence electrons. The molecule has 1 unspecified atom stereocenters. The van der Waals surface area contributed by atoms with Gasteiger partial charge in [0.15, 0.2) is 4.91 Å². The molecule has 1 aliphatic heterocycles. The van der Waals surface area contributed by atoms with Crippen molar-refractivity contribution < 1.29 is 14.1 Å². The van der Waals surface area contributed by atoms with Gasteiger partial charge in [-0.05, 0) is 74.7 Å². The Bertz CT molecular complexity index is 1240. The Balaban J connectivity index is 1.52. The third kappa shape index (κ3) is 7.75. The number of dihydropyridines is 1. The molecule has 1 N–H and O–H groups in total. The van der Waals surface area contributed by atoms with Crippen LogP contribution >= 0.6 is 0 Å². The van der Waals surface area contributed by atoms with Gasteiger partial charge in [-0.3, -0.25) is 9.79 Å². The number of aryl methyl sites for hydroxylation is 1. The number of hydrogen-bond acceptors (Lipinski definition) is 8. The van der Waals surface area contributed by atoms with Crippen LogP contribution in [0.4, 0.5) is 5.82 Å². The maximum absolute atomic E-state index is 13.6. The first kappa shape index (κ1) is 26.6. The van der Waals surface area contributed by atoms with E-state index in [0.29, 0.717) is 30.4 Å². The van der Waals surface area contributed by atoms with E-state index in [2.05, 4.69) is 20.4 Å². The fraction of sp³-hybridized carbons (Fsp3) is 0.333. The number of aliphatic imine (C=N–C) groups is 1. The fourth-order valence-corrected chi connectivity index (χ4v) is 5.10. The summed E-state index contributed by atoms with van der Waals surface area (Å²) in [5.74, 6) is 0.230. The lowest BCUT2D eigenvalue weighted by Gasteiger charge is -2.25. The number of anilines is 1. The molecule has 2 aromatic heterocycles. The minimum absolute atomic E-state index is 0.0235. The highest BCUT2D eigenvalue weighted by molar-refractivity contribution is 7.93. The second-order valence-electron chi connectivity index (χ2n) is 9.01. The lowest BCUT2D eigenvalue weighted by atomic mass is 10.2. The molecule has 0 amide bonds. The number of nitrogens with zero attached hydrogens (tertiary/aromatic N) is 5. The largest absolute Gasteiger partial charge is 0.593 e. The maximum atomic E-state index is 13.6. The van der Waals surface area contributed by atoms with Gasteiger partial charge >= 0.3 is 5.97 Å². The van der Waals surface area contributed by atoms with Crippen LogP contribution in [0.15, 0.2) is 70.8 Å². The van der Waals surface area contributed by atoms with E-state index in [9.17, 15) is 9.35 Å². The Labute approximate surface area is 220 Å². The highest BCUT2D eigenvalue weighted by Crippen LogP contribution is 2.22. The molecular formula is C27H32N6O3S. The van der Waals surface area contributed by atoms with Crippen LogP contribution in [0.25, 0.3) is 5.69 Å². The van der Waals surface area contributed by atoms with Gasteiger partial charge in [0.1, 0.15) is 12.4 Å². The highest BCUT2D eigenvalue weighted by atomic mass is 32.2. The predicted octanol–water partition coefficient (Wildman–Crippen LogP) is 3.96. The summed E-state index contributed by atoms with van der Waals surface area (Å²) in [5, 5.41) is 7.32. The van der Waals surface area contributed by atoms with Crippen molar-refractivity contribution in [3.05, 3.63) is 82.7 Å². The molecule has 0 bridgehead atoms. The molecule has 1 atom stereocenters. The predicted molar refractivity (Wildman–Crippen MR) is 146 cm³/mol. The molecule has 0 radical (unpaired) electrons. The summed E-state index contributed by atoms with van der Waals surface area (Å²) in [4.78, 5) is 21.6. The standard InChI is InChI=1S/C27H32N6O3S/c1-20(2)36-27(34)17-29-26-15-21(3)14-23(31-26)19-32(37(35)25-6-4-11-28-16-25)18-22-7-9-24(10-8-22)33-13-5-12-30-33/h5-10,12-16,20H,4,11,17-19H2,1-3H3,(H,29,31). The number of aromatic nitrogens is 3. The van der Waals surface area contributed by atoms with Crippen molar-refractivity contribution in [2.45, 2.75) is 46.4 Å². The van der Waals surface area contributed by atoms with E-state index in [-0.39, 0.29) is 18.6 Å². The summed E-state index contributed by atoms with van der Waals surface area (Å²) < 4.78 is 22.5. The molecule has 1 aliphatic rings. The van der Waals surface area contributed by atoms with E-state index >= 15 is 0 Å². The molecule has 0 fully saturated rings. The number of hydrogen-bond donors (Lipinski definition) is 1. The molecule has 3 heterocycles. The molecular weight excluding hydrogens is 488 g/mol. The van der Waals surface area contributed by atoms with Crippen LogP contribution in [0.1, 0.15) is 37.1 Å². The molecule has 0 saturated heterocycles. The van der Waals surface area contributed by atoms with E-state index in [1.807, 2.05) is 79.8 Å². The number of pyridine rings is 1. The minimum Gasteiger partial charge on any atom is -0.593 e. The van der Waals surface area contributed by atoms with Crippen LogP contribution in [-0.2, 0) is 34.0 Å². The first-order valence-electron chi connectivity index (χ1n) is 12.2. The van der Waals surface area contributed by atoms with Crippen LogP contribution in [0.3, 0.4) is 0 Å². The number of allylic oxidation sites excluding steroid dienone is 1. The van der Waals surface area contributed by atoms with Crippen molar-refractivity contribution in [2.24, 2.45) is 4.99 Å². The van der Waals surface area contributed by atoms with Crippen molar-refractivity contribution in [3.63, 3.8) is 0 Å². The SMILES string of the molecule is Cc1cc(CN(Cc2ccc(-n3cccn3)cc2)[S+]([O-])C2=CCCN=C2)nc(NCC(=O)OC(C)C)c1. The fourth-order valence-electron chi connectivity index (χ4n) is 3.87. The summed E-state index contributed by atoms with van der Waals surface area (Å²) in [5.41, 5.74) is 3.70. The maximum Gasteiger partial charge on any atom is 0.325 e. The summed E-state index contributed by atoms with van der Waals surface area (Å²) in [6, 6.07) is 13.7. The van der Waals surface area contributed by atoms with Crippen LogP contribution in [0.2, 0.25) is 0 Å². The van der Waals surface area contributed by atoms with E-state index in [4.69, 9.17) is 4.74 Å². The topological polar surface area (TPSA) is 108 Å². The zero-order valence-corrected chi connectivity index (χ0v) is 22.1. The number of benzene rings is 1. The zero-order valence-electron chi connectivity index (χ0n) is 21.3. The van der Waals surface area contributed by atoms with Crippen molar-refractivity contribution in [1.82, 2.24) is 19.1 Å². The van der Waals surface area contributed by atoms with Gasteiger partial charge in [0.25, 0.3) is 0 Å². The van der Waals surface area contributed by atoms with E-state index < -0.39 is 11.4 Å². The normalized spacial score (nSPS) is 14.1. The van der Waals surface area contributed by atoms with E-state index in [1.54, 1.807) is 17.1 Å². The summed E-state index contributed by atoms with van der Waals surface area (Å²) in [7, 11) is 0. The van der Waals surface area contributed by atoms with Gasteiger partial charge in [0, 0.05) is 18.9 Å². The third-order valence-corrected chi connectivity index (χ3v) is 6.87. The Morgan fingerprint density at radius 2 is 2.05 bits per heavy atom. The second kappa shape index (κ2) is 12.7. The lowest BCUT2D eigenvalue weighted by molar-refractivity contribution is -0.145. The average Bonchev–Trinajstić information content (AvgIpc) is 3.42. The van der Waals surface area contributed by atoms with Crippen molar-refractivity contribution in [2.75, 3.05) is 18.4 Å². The smallest absolute Gasteiger partial charge is 0.325 e. The molecule has 0 aliphatic carbocycles. The van der Waals surface area contributed by atoms with Gasteiger partial charge in [-0.25, -0.2) is 9.67 Å². The molecule has 0 saturated carbocycles. The summed E-state index contributed by atoms with van der Waals surface area (Å²) in [6.45, 7) is 7.13. The molecule has 10 heteroatoms. The quantitative estimate of drug-likeness (QED) is 0.301. The third-order valence-electron chi connectivity index (χ3n) is 5.46. The van der Waals surface area contributed by atoms with Crippen molar-refractivity contribution >= 4 is 29.4 Å². The van der Waals surface area contributed by atoms with Gasteiger partial charge in [-0.15, -0.1) is 4.31 Å². The number of rotatable bonds is 11. The minimum atomic E-state index is -1.42. The van der Waals surface area contributed by atoms with Crippen LogP contribution in [-0.4, -0.2) is 55.0 Å². The van der Waals surface area contributed by atoms with Gasteiger partial charge in [0.05, 0.1) is 48.2 Å². The molecule has 0 spiro atoms. The molecule has 4 rings (SSSR count). The number of ether oxygens (including phenoxy) is 1. The van der Waals surface area contributed by atoms with Gasteiger partial charge in [0.2, 0.25) is 0 Å². The first-order valence-corrected chi connectivity index (χ1v) is 13.3. The van der Waals surface area contributed by atoms with Gasteiger partial charge < -0.3 is 14.6 Å². The van der Waals surface area contributed by atoms with Crippen LogP contribution in [0.5, 0.6) is 0 Å². The van der Waals surface area contributed by atoms with Crippen LogP contribution < -0.4 is 5.32 Å². The van der Waals surface area contributed by atoms with E-state index in [0.717, 1.165) is 28.9 Å². The Morgan fingerprint density at radius 1 is 1.24 bits per heavy atom. The monoisotopic (exact) mass is 520 g/mol. The molecule has 37 heavy (non-hydrogen) atoms. The Morgan fingerprint density at radius 3 is 2.73 bits per heavy atom. The first-order chi connectivity index (χ1) is 17.9. The number of carbonyl (C=O) groups excluding carboxylic acids is 1. The van der Waals surface area contributed by atoms with Gasteiger partial charge in [-0.1, -0.05) is 12.1 Å². The van der Waals surface area contributed by atoms with E-state index in [1.165, 1.54) is 0 Å². The molecule has 3 aromatic rings. The second-order valence-corrected chi connectivity index (χ2v) is 10.5. The molecule has 1 aromatic carbocycles. The Kier molecular flexibility index (Phi) is 9.10. The highest BCUT2D eigenvalue weighted by Gasteiger charge is 2.26.